The third-order valence-electron chi connectivity index (χ3n) is 4.82. The average molecular weight is 368 g/mol. The summed E-state index contributed by atoms with van der Waals surface area (Å²) in [6, 6.07) is 14.4. The van der Waals surface area contributed by atoms with Crippen LogP contribution in [0, 0.1) is 0 Å². The largest absolute Gasteiger partial charge is 0.497 e. The lowest BCUT2D eigenvalue weighted by atomic mass is 10.1. The van der Waals surface area contributed by atoms with Crippen molar-refractivity contribution in [2.45, 2.75) is 19.4 Å². The minimum Gasteiger partial charge on any atom is -0.497 e. The van der Waals surface area contributed by atoms with E-state index in [-0.39, 0.29) is 11.8 Å². The fourth-order valence-electron chi connectivity index (χ4n) is 3.29. The molecule has 2 amide bonds. The minimum absolute atomic E-state index is 0.0371. The number of anilines is 1. The Bertz CT molecular complexity index is 800. The highest BCUT2D eigenvalue weighted by molar-refractivity contribution is 6.00. The quantitative estimate of drug-likeness (QED) is 0.814. The Morgan fingerprint density at radius 1 is 1.04 bits per heavy atom. The Hall–Kier alpha value is -3.02. The monoisotopic (exact) mass is 368 g/mol. The fourth-order valence-corrected chi connectivity index (χ4v) is 3.29. The van der Waals surface area contributed by atoms with Crippen LogP contribution in [-0.2, 0) is 16.0 Å². The van der Waals surface area contributed by atoms with Gasteiger partial charge in [-0.25, -0.2) is 0 Å². The Balaban J connectivity index is 1.75. The molecule has 1 aliphatic rings. The maximum absolute atomic E-state index is 12.9. The van der Waals surface area contributed by atoms with Crippen molar-refractivity contribution in [1.82, 2.24) is 4.90 Å². The molecule has 0 radical (unpaired) electrons. The molecule has 0 saturated carbocycles. The molecular weight excluding hydrogens is 344 g/mol. The summed E-state index contributed by atoms with van der Waals surface area (Å²) in [6.45, 7) is 2.69. The standard InChI is InChI=1S/C21H24N2O4/c1-15-21(25)23(17-12-18(26-2)14-19(13-17)27-3)10-9-22(15)20(24)11-16-7-5-4-6-8-16/h4-8,12-15H,9-11H2,1-3H3/t15-/m1/s1. The van der Waals surface area contributed by atoms with E-state index in [0.717, 1.165) is 5.56 Å². The molecule has 1 heterocycles. The second-order valence-electron chi connectivity index (χ2n) is 6.49. The summed E-state index contributed by atoms with van der Waals surface area (Å²) in [7, 11) is 3.15. The highest BCUT2D eigenvalue weighted by Gasteiger charge is 2.35. The van der Waals surface area contributed by atoms with E-state index in [9.17, 15) is 9.59 Å². The molecule has 0 aromatic heterocycles. The first kappa shape index (κ1) is 18.8. The molecule has 1 atom stereocenters. The van der Waals surface area contributed by atoms with Gasteiger partial charge in [0.15, 0.2) is 0 Å². The number of benzene rings is 2. The van der Waals surface area contributed by atoms with E-state index in [1.165, 1.54) is 0 Å². The number of hydrogen-bond acceptors (Lipinski definition) is 4. The number of ether oxygens (including phenoxy) is 2. The van der Waals surface area contributed by atoms with E-state index in [1.807, 2.05) is 30.3 Å². The third kappa shape index (κ3) is 4.05. The van der Waals surface area contributed by atoms with Crippen molar-refractivity contribution in [1.29, 1.82) is 0 Å². The Morgan fingerprint density at radius 2 is 1.67 bits per heavy atom. The van der Waals surface area contributed by atoms with Crippen LogP contribution in [0.25, 0.3) is 0 Å². The highest BCUT2D eigenvalue weighted by atomic mass is 16.5. The first-order valence-electron chi connectivity index (χ1n) is 8.91. The summed E-state index contributed by atoms with van der Waals surface area (Å²) < 4.78 is 10.6. The minimum atomic E-state index is -0.521. The molecule has 1 fully saturated rings. The average Bonchev–Trinajstić information content (AvgIpc) is 2.70. The van der Waals surface area contributed by atoms with Crippen molar-refractivity contribution in [2.24, 2.45) is 0 Å². The van der Waals surface area contributed by atoms with Crippen molar-refractivity contribution in [3.8, 4) is 11.5 Å². The lowest BCUT2D eigenvalue weighted by Crippen LogP contribution is -2.58. The number of rotatable bonds is 5. The first-order chi connectivity index (χ1) is 13.0. The van der Waals surface area contributed by atoms with E-state index < -0.39 is 6.04 Å². The molecule has 27 heavy (non-hydrogen) atoms. The van der Waals surface area contributed by atoms with Crippen LogP contribution in [0.5, 0.6) is 11.5 Å². The van der Waals surface area contributed by atoms with Crippen molar-refractivity contribution >= 4 is 17.5 Å². The van der Waals surface area contributed by atoms with Gasteiger partial charge in [0.05, 0.1) is 26.3 Å². The zero-order valence-electron chi connectivity index (χ0n) is 15.8. The highest BCUT2D eigenvalue weighted by Crippen LogP contribution is 2.30. The normalized spacial score (nSPS) is 17.0. The summed E-state index contributed by atoms with van der Waals surface area (Å²) in [4.78, 5) is 29.0. The van der Waals surface area contributed by atoms with Gasteiger partial charge in [-0.3, -0.25) is 9.59 Å². The van der Waals surface area contributed by atoms with Crippen molar-refractivity contribution < 1.29 is 19.1 Å². The van der Waals surface area contributed by atoms with E-state index >= 15 is 0 Å². The fraction of sp³-hybridized carbons (Fsp3) is 0.333. The van der Waals surface area contributed by atoms with Crippen LogP contribution in [0.15, 0.2) is 48.5 Å². The molecular formula is C21H24N2O4. The number of amides is 2. The molecule has 0 aliphatic carbocycles. The maximum atomic E-state index is 12.9. The smallest absolute Gasteiger partial charge is 0.249 e. The van der Waals surface area contributed by atoms with Gasteiger partial charge in [0, 0.05) is 31.3 Å². The van der Waals surface area contributed by atoms with Crippen LogP contribution in [0.2, 0.25) is 0 Å². The molecule has 0 spiro atoms. The number of hydrogen-bond donors (Lipinski definition) is 0. The predicted octanol–water partition coefficient (Wildman–Crippen LogP) is 2.51. The van der Waals surface area contributed by atoms with Gasteiger partial charge in [0.2, 0.25) is 11.8 Å². The van der Waals surface area contributed by atoms with Gasteiger partial charge in [-0.15, -0.1) is 0 Å². The molecule has 6 heteroatoms. The van der Waals surface area contributed by atoms with E-state index in [2.05, 4.69) is 0 Å². The maximum Gasteiger partial charge on any atom is 0.249 e. The second kappa shape index (κ2) is 8.12. The van der Waals surface area contributed by atoms with Crippen LogP contribution in [-0.4, -0.2) is 50.1 Å². The van der Waals surface area contributed by atoms with Crippen LogP contribution in [0.4, 0.5) is 5.69 Å². The molecule has 1 aliphatic heterocycles. The summed E-state index contributed by atoms with van der Waals surface area (Å²) in [5.41, 5.74) is 1.65. The van der Waals surface area contributed by atoms with Crippen molar-refractivity contribution in [3.63, 3.8) is 0 Å². The SMILES string of the molecule is COc1cc(OC)cc(N2CCN(C(=O)Cc3ccccc3)[C@H](C)C2=O)c1. The van der Waals surface area contributed by atoms with E-state index in [0.29, 0.717) is 36.7 Å². The number of piperazine rings is 1. The molecule has 0 bridgehead atoms. The zero-order valence-corrected chi connectivity index (χ0v) is 15.8. The van der Waals surface area contributed by atoms with Gasteiger partial charge in [-0.2, -0.15) is 0 Å². The number of carbonyl (C=O) groups is 2. The van der Waals surface area contributed by atoms with Gasteiger partial charge < -0.3 is 19.3 Å². The molecule has 0 N–H and O–H groups in total. The van der Waals surface area contributed by atoms with Crippen LogP contribution >= 0.6 is 0 Å². The van der Waals surface area contributed by atoms with Gasteiger partial charge in [0.1, 0.15) is 17.5 Å². The summed E-state index contributed by atoms with van der Waals surface area (Å²) in [6.07, 6.45) is 0.297. The topological polar surface area (TPSA) is 59.1 Å². The van der Waals surface area contributed by atoms with Gasteiger partial charge in [-0.05, 0) is 12.5 Å². The lowest BCUT2D eigenvalue weighted by molar-refractivity contribution is -0.140. The summed E-state index contributed by atoms with van der Waals surface area (Å²) >= 11 is 0. The van der Waals surface area contributed by atoms with Crippen LogP contribution in [0.3, 0.4) is 0 Å². The molecule has 6 nitrogen and oxygen atoms in total. The van der Waals surface area contributed by atoms with Gasteiger partial charge in [0.25, 0.3) is 0 Å². The van der Waals surface area contributed by atoms with Crippen molar-refractivity contribution in [3.05, 3.63) is 54.1 Å². The number of methoxy groups -OCH3 is 2. The van der Waals surface area contributed by atoms with Gasteiger partial charge >= 0.3 is 0 Å². The molecule has 1 saturated heterocycles. The molecule has 2 aromatic carbocycles. The van der Waals surface area contributed by atoms with E-state index in [4.69, 9.17) is 9.47 Å². The molecule has 2 aromatic rings. The predicted molar refractivity (Wildman–Crippen MR) is 103 cm³/mol. The number of carbonyl (C=O) groups excluding carboxylic acids is 2. The Kier molecular flexibility index (Phi) is 5.64. The Morgan fingerprint density at radius 3 is 2.26 bits per heavy atom. The van der Waals surface area contributed by atoms with Gasteiger partial charge in [-0.1, -0.05) is 30.3 Å². The van der Waals surface area contributed by atoms with Crippen LogP contribution < -0.4 is 14.4 Å². The summed E-state index contributed by atoms with van der Waals surface area (Å²) in [5.74, 6) is 1.09. The lowest BCUT2D eigenvalue weighted by Gasteiger charge is -2.39. The molecule has 0 unspecified atom stereocenters. The van der Waals surface area contributed by atoms with Crippen LogP contribution in [0.1, 0.15) is 12.5 Å². The second-order valence-corrected chi connectivity index (χ2v) is 6.49. The summed E-state index contributed by atoms with van der Waals surface area (Å²) in [5, 5.41) is 0. The Labute approximate surface area is 159 Å². The third-order valence-corrected chi connectivity index (χ3v) is 4.82. The zero-order chi connectivity index (χ0) is 19.4. The number of nitrogens with zero attached hydrogens (tertiary/aromatic N) is 2. The molecule has 3 rings (SSSR count). The van der Waals surface area contributed by atoms with E-state index in [1.54, 1.807) is 49.1 Å². The molecule has 142 valence electrons. The first-order valence-corrected chi connectivity index (χ1v) is 8.91. The van der Waals surface area contributed by atoms with Crippen molar-refractivity contribution in [2.75, 3.05) is 32.2 Å².